The zero-order valence-corrected chi connectivity index (χ0v) is 17.8. The Morgan fingerprint density at radius 3 is 2.40 bits per heavy atom. The molecule has 0 bridgehead atoms. The molecule has 3 aromatic rings. The van der Waals surface area contributed by atoms with Crippen LogP contribution >= 0.6 is 11.3 Å². The standard InChI is InChI=1S/C21H23N3O5S/c1-4-26-16-12-14(13-17(27-5-2)19(16)28-6-3)20-23-24-21(29-20)22-18(25)10-9-15-8-7-11-30-15/h7-13H,4-6H2,1-3H3,(H,22,24,25)/b10-9+. The molecule has 0 saturated carbocycles. The average molecular weight is 429 g/mol. The first-order chi connectivity index (χ1) is 14.6. The third-order valence-electron chi connectivity index (χ3n) is 3.75. The first-order valence-electron chi connectivity index (χ1n) is 9.57. The van der Waals surface area contributed by atoms with Crippen molar-refractivity contribution in [2.75, 3.05) is 25.1 Å². The minimum Gasteiger partial charge on any atom is -0.490 e. The maximum Gasteiger partial charge on any atom is 0.322 e. The van der Waals surface area contributed by atoms with Crippen molar-refractivity contribution in [1.82, 2.24) is 10.2 Å². The van der Waals surface area contributed by atoms with Crippen LogP contribution in [0.1, 0.15) is 25.6 Å². The highest BCUT2D eigenvalue weighted by Gasteiger charge is 2.19. The summed E-state index contributed by atoms with van der Waals surface area (Å²) in [6.07, 6.45) is 3.12. The van der Waals surface area contributed by atoms with Gasteiger partial charge in [0.25, 0.3) is 5.91 Å². The molecule has 0 aliphatic rings. The molecular weight excluding hydrogens is 406 g/mol. The van der Waals surface area contributed by atoms with E-state index in [1.54, 1.807) is 18.2 Å². The van der Waals surface area contributed by atoms with Gasteiger partial charge in [0.1, 0.15) is 0 Å². The van der Waals surface area contributed by atoms with Crippen LogP contribution in [0.3, 0.4) is 0 Å². The Bertz CT molecular complexity index is 971. The van der Waals surface area contributed by atoms with E-state index in [1.807, 2.05) is 38.3 Å². The summed E-state index contributed by atoms with van der Waals surface area (Å²) in [5.41, 5.74) is 0.590. The fourth-order valence-electron chi connectivity index (χ4n) is 2.59. The number of carbonyl (C=O) groups is 1. The molecule has 0 aliphatic carbocycles. The Balaban J connectivity index is 1.81. The molecule has 2 aromatic heterocycles. The maximum atomic E-state index is 12.1. The number of anilines is 1. The molecule has 2 heterocycles. The van der Waals surface area contributed by atoms with Crippen LogP contribution in [0.4, 0.5) is 6.01 Å². The number of nitrogens with one attached hydrogen (secondary N) is 1. The molecule has 3 rings (SSSR count). The van der Waals surface area contributed by atoms with Crippen LogP contribution in [-0.2, 0) is 4.79 Å². The van der Waals surface area contributed by atoms with E-state index < -0.39 is 0 Å². The van der Waals surface area contributed by atoms with E-state index in [-0.39, 0.29) is 17.8 Å². The van der Waals surface area contributed by atoms with Crippen molar-refractivity contribution < 1.29 is 23.4 Å². The third-order valence-corrected chi connectivity index (χ3v) is 4.59. The van der Waals surface area contributed by atoms with Gasteiger partial charge in [0.2, 0.25) is 11.6 Å². The predicted octanol–water partition coefficient (Wildman–Crippen LogP) is 4.65. The second kappa shape index (κ2) is 10.4. The molecule has 30 heavy (non-hydrogen) atoms. The normalized spacial score (nSPS) is 10.9. The van der Waals surface area contributed by atoms with Gasteiger partial charge in [-0.25, -0.2) is 0 Å². The van der Waals surface area contributed by atoms with Gasteiger partial charge < -0.3 is 18.6 Å². The van der Waals surface area contributed by atoms with Crippen LogP contribution in [0, 0.1) is 0 Å². The number of rotatable bonds is 10. The van der Waals surface area contributed by atoms with Gasteiger partial charge in [-0.15, -0.1) is 16.4 Å². The SMILES string of the molecule is CCOc1cc(-c2nnc(NC(=O)/C=C/c3cccs3)o2)cc(OCC)c1OCC. The van der Waals surface area contributed by atoms with Crippen molar-refractivity contribution in [3.05, 3.63) is 40.6 Å². The van der Waals surface area contributed by atoms with Gasteiger partial charge in [0.15, 0.2) is 11.5 Å². The van der Waals surface area contributed by atoms with E-state index in [1.165, 1.54) is 17.4 Å². The van der Waals surface area contributed by atoms with Crippen LogP contribution in [-0.4, -0.2) is 35.9 Å². The molecule has 8 nitrogen and oxygen atoms in total. The highest BCUT2D eigenvalue weighted by atomic mass is 32.1. The minimum atomic E-state index is -0.365. The van der Waals surface area contributed by atoms with Crippen LogP contribution in [0.2, 0.25) is 0 Å². The number of hydrogen-bond acceptors (Lipinski definition) is 8. The van der Waals surface area contributed by atoms with Crippen molar-refractivity contribution in [3.8, 4) is 28.7 Å². The summed E-state index contributed by atoms with van der Waals surface area (Å²) in [5.74, 6) is 1.41. The first kappa shape index (κ1) is 21.4. The van der Waals surface area contributed by atoms with Gasteiger partial charge in [-0.2, -0.15) is 0 Å². The molecule has 0 atom stereocenters. The van der Waals surface area contributed by atoms with E-state index in [2.05, 4.69) is 15.5 Å². The summed E-state index contributed by atoms with van der Waals surface area (Å²) in [7, 11) is 0. The molecule has 0 radical (unpaired) electrons. The van der Waals surface area contributed by atoms with Crippen LogP contribution in [0.25, 0.3) is 17.5 Å². The largest absolute Gasteiger partial charge is 0.490 e. The van der Waals surface area contributed by atoms with Crippen molar-refractivity contribution in [2.24, 2.45) is 0 Å². The Morgan fingerprint density at radius 2 is 1.80 bits per heavy atom. The lowest BCUT2D eigenvalue weighted by atomic mass is 10.2. The van der Waals surface area contributed by atoms with E-state index in [0.717, 1.165) is 4.88 Å². The lowest BCUT2D eigenvalue weighted by Crippen LogP contribution is -2.07. The van der Waals surface area contributed by atoms with Crippen molar-refractivity contribution >= 4 is 29.3 Å². The minimum absolute atomic E-state index is 0.00404. The molecule has 0 fully saturated rings. The van der Waals surface area contributed by atoms with Gasteiger partial charge in [-0.05, 0) is 50.4 Å². The maximum absolute atomic E-state index is 12.1. The number of carbonyl (C=O) groups excluding carboxylic acids is 1. The second-order valence-corrected chi connectivity index (χ2v) is 6.83. The topological polar surface area (TPSA) is 95.7 Å². The molecule has 0 aliphatic heterocycles. The first-order valence-corrected chi connectivity index (χ1v) is 10.4. The molecule has 1 aromatic carbocycles. The fraction of sp³-hybridized carbons (Fsp3) is 0.286. The van der Waals surface area contributed by atoms with E-state index in [4.69, 9.17) is 18.6 Å². The highest BCUT2D eigenvalue weighted by molar-refractivity contribution is 7.10. The summed E-state index contributed by atoms with van der Waals surface area (Å²) in [4.78, 5) is 13.0. The summed E-state index contributed by atoms with van der Waals surface area (Å²) < 4.78 is 22.7. The zero-order chi connectivity index (χ0) is 21.3. The van der Waals surface area contributed by atoms with Gasteiger partial charge in [-0.1, -0.05) is 11.2 Å². The summed E-state index contributed by atoms with van der Waals surface area (Å²) in [5, 5.41) is 12.4. The summed E-state index contributed by atoms with van der Waals surface area (Å²) >= 11 is 1.54. The Hall–Kier alpha value is -3.33. The smallest absolute Gasteiger partial charge is 0.322 e. The highest BCUT2D eigenvalue weighted by Crippen LogP contribution is 2.41. The van der Waals surface area contributed by atoms with E-state index in [0.29, 0.717) is 42.6 Å². The van der Waals surface area contributed by atoms with Gasteiger partial charge in [0, 0.05) is 16.5 Å². The number of ether oxygens (including phenoxy) is 3. The lowest BCUT2D eigenvalue weighted by Gasteiger charge is -2.16. The van der Waals surface area contributed by atoms with E-state index >= 15 is 0 Å². The number of nitrogens with zero attached hydrogens (tertiary/aromatic N) is 2. The van der Waals surface area contributed by atoms with Crippen molar-refractivity contribution in [1.29, 1.82) is 0 Å². The molecule has 0 unspecified atom stereocenters. The van der Waals surface area contributed by atoms with Crippen LogP contribution in [0.5, 0.6) is 17.2 Å². The van der Waals surface area contributed by atoms with Crippen molar-refractivity contribution in [2.45, 2.75) is 20.8 Å². The van der Waals surface area contributed by atoms with Crippen molar-refractivity contribution in [3.63, 3.8) is 0 Å². The van der Waals surface area contributed by atoms with E-state index in [9.17, 15) is 4.79 Å². The Kier molecular flexibility index (Phi) is 7.45. The number of amides is 1. The number of thiophene rings is 1. The number of aromatic nitrogens is 2. The summed E-state index contributed by atoms with van der Waals surface area (Å²) in [6.45, 7) is 7.03. The predicted molar refractivity (Wildman–Crippen MR) is 115 cm³/mol. The Labute approximate surface area is 178 Å². The molecule has 1 N–H and O–H groups in total. The number of benzene rings is 1. The van der Waals surface area contributed by atoms with Crippen LogP contribution < -0.4 is 19.5 Å². The zero-order valence-electron chi connectivity index (χ0n) is 17.0. The average Bonchev–Trinajstić information content (AvgIpc) is 3.41. The monoisotopic (exact) mass is 429 g/mol. The molecule has 1 amide bonds. The third kappa shape index (κ3) is 5.38. The second-order valence-electron chi connectivity index (χ2n) is 5.85. The van der Waals surface area contributed by atoms with Gasteiger partial charge >= 0.3 is 6.01 Å². The van der Waals surface area contributed by atoms with Crippen LogP contribution in [0.15, 0.2) is 40.1 Å². The molecule has 0 spiro atoms. The van der Waals surface area contributed by atoms with Gasteiger partial charge in [-0.3, -0.25) is 10.1 Å². The fourth-order valence-corrected chi connectivity index (χ4v) is 3.21. The lowest BCUT2D eigenvalue weighted by molar-refractivity contribution is -0.112. The number of hydrogen-bond donors (Lipinski definition) is 1. The molecule has 158 valence electrons. The Morgan fingerprint density at radius 1 is 1.10 bits per heavy atom. The molecular formula is C21H23N3O5S. The summed E-state index contributed by atoms with van der Waals surface area (Å²) in [6, 6.07) is 7.31. The quantitative estimate of drug-likeness (QED) is 0.469. The molecule has 9 heteroatoms. The van der Waals surface area contributed by atoms with Gasteiger partial charge in [0.05, 0.1) is 19.8 Å². The molecule has 0 saturated heterocycles.